The second kappa shape index (κ2) is 7.05. The number of carbonyl (C=O) groups is 1. The van der Waals surface area contributed by atoms with Crippen molar-refractivity contribution in [2.24, 2.45) is 5.73 Å². The van der Waals surface area contributed by atoms with Crippen molar-refractivity contribution < 1.29 is 9.53 Å². The van der Waals surface area contributed by atoms with Crippen LogP contribution < -0.4 is 21.1 Å². The van der Waals surface area contributed by atoms with Crippen molar-refractivity contribution in [3.63, 3.8) is 0 Å². The van der Waals surface area contributed by atoms with Crippen molar-refractivity contribution in [3.05, 3.63) is 0 Å². The fourth-order valence-corrected chi connectivity index (χ4v) is 1.70. The molecule has 4 N–H and O–H groups in total. The van der Waals surface area contributed by atoms with E-state index in [0.29, 0.717) is 18.4 Å². The maximum atomic E-state index is 11.1. The Morgan fingerprint density at radius 3 is 2.43 bits per heavy atom. The molecule has 0 spiro atoms. The lowest BCUT2D eigenvalue weighted by Gasteiger charge is -2.25. The molecule has 0 atom stereocenters. The molecule has 1 heterocycles. The lowest BCUT2D eigenvalue weighted by atomic mass is 10.0. The molecule has 0 fully saturated rings. The van der Waals surface area contributed by atoms with Crippen LogP contribution in [0.25, 0.3) is 0 Å². The average molecular weight is 296 g/mol. The molecule has 0 aliphatic heterocycles. The van der Waals surface area contributed by atoms with Crippen molar-refractivity contribution in [2.75, 3.05) is 17.2 Å². The number of nitrogens with zero attached hydrogens (tertiary/aromatic N) is 3. The first-order valence-electron chi connectivity index (χ1n) is 6.95. The minimum Gasteiger partial charge on any atom is -0.461 e. The summed E-state index contributed by atoms with van der Waals surface area (Å²) in [6, 6.07) is 0.230. The molecule has 0 bridgehead atoms. The van der Waals surface area contributed by atoms with Crippen molar-refractivity contribution in [1.82, 2.24) is 15.0 Å². The van der Waals surface area contributed by atoms with Gasteiger partial charge in [-0.05, 0) is 34.6 Å². The third-order valence-corrected chi connectivity index (χ3v) is 2.36. The van der Waals surface area contributed by atoms with Crippen LogP contribution in [0, 0.1) is 0 Å². The second-order valence-corrected chi connectivity index (χ2v) is 5.61. The van der Waals surface area contributed by atoms with Gasteiger partial charge >= 0.3 is 6.01 Å². The van der Waals surface area contributed by atoms with Gasteiger partial charge in [0.15, 0.2) is 0 Å². The predicted molar refractivity (Wildman–Crippen MR) is 81.3 cm³/mol. The van der Waals surface area contributed by atoms with Crippen LogP contribution in [0.1, 0.15) is 41.0 Å². The minimum absolute atomic E-state index is 0.0478. The lowest BCUT2D eigenvalue weighted by molar-refractivity contribution is -0.118. The van der Waals surface area contributed by atoms with Crippen LogP contribution in [0.5, 0.6) is 6.01 Å². The smallest absolute Gasteiger partial charge is 0.323 e. The van der Waals surface area contributed by atoms with Crippen LogP contribution in [0.4, 0.5) is 11.9 Å². The summed E-state index contributed by atoms with van der Waals surface area (Å²) in [6.45, 7) is 10.1. The summed E-state index contributed by atoms with van der Waals surface area (Å²) < 4.78 is 5.50. The van der Waals surface area contributed by atoms with Gasteiger partial charge in [-0.15, -0.1) is 0 Å². The fourth-order valence-electron chi connectivity index (χ4n) is 1.70. The highest BCUT2D eigenvalue weighted by molar-refractivity contribution is 5.75. The molecule has 1 aromatic heterocycles. The number of primary amides is 1. The number of amides is 1. The number of nitrogens with two attached hydrogens (primary N) is 1. The van der Waals surface area contributed by atoms with E-state index in [0.717, 1.165) is 0 Å². The average Bonchev–Trinajstić information content (AvgIpc) is 2.24. The molecule has 8 nitrogen and oxygen atoms in total. The SMILES string of the molecule is CCNc1nc(NC(C)(C)CC(N)=O)nc(OC(C)C)n1. The number of hydrogen-bond acceptors (Lipinski definition) is 7. The van der Waals surface area contributed by atoms with Crippen LogP contribution in [0.15, 0.2) is 0 Å². The largest absolute Gasteiger partial charge is 0.461 e. The first kappa shape index (κ1) is 16.9. The molecule has 1 aromatic rings. The maximum absolute atomic E-state index is 11.1. The van der Waals surface area contributed by atoms with Crippen LogP contribution in [-0.4, -0.2) is 39.0 Å². The van der Waals surface area contributed by atoms with E-state index >= 15 is 0 Å². The predicted octanol–water partition coefficient (Wildman–Crippen LogP) is 1.16. The van der Waals surface area contributed by atoms with Crippen molar-refractivity contribution in [2.45, 2.75) is 52.7 Å². The molecular weight excluding hydrogens is 272 g/mol. The molecule has 1 amide bonds. The maximum Gasteiger partial charge on any atom is 0.323 e. The number of hydrogen-bond donors (Lipinski definition) is 3. The molecule has 0 aliphatic carbocycles. The quantitative estimate of drug-likeness (QED) is 0.659. The molecule has 0 unspecified atom stereocenters. The van der Waals surface area contributed by atoms with E-state index in [1.165, 1.54) is 0 Å². The molecule has 0 radical (unpaired) electrons. The van der Waals surface area contributed by atoms with E-state index in [4.69, 9.17) is 10.5 Å². The summed E-state index contributed by atoms with van der Waals surface area (Å²) in [5.74, 6) is 0.357. The van der Waals surface area contributed by atoms with Gasteiger partial charge in [-0.3, -0.25) is 4.79 Å². The number of anilines is 2. The zero-order valence-corrected chi connectivity index (χ0v) is 13.2. The van der Waals surface area contributed by atoms with Crippen LogP contribution in [0.3, 0.4) is 0 Å². The van der Waals surface area contributed by atoms with E-state index in [1.807, 2.05) is 34.6 Å². The van der Waals surface area contributed by atoms with Gasteiger partial charge in [0.1, 0.15) is 0 Å². The van der Waals surface area contributed by atoms with E-state index in [2.05, 4.69) is 25.6 Å². The molecule has 118 valence electrons. The van der Waals surface area contributed by atoms with Crippen molar-refractivity contribution in [1.29, 1.82) is 0 Å². The fraction of sp³-hybridized carbons (Fsp3) is 0.692. The summed E-state index contributed by atoms with van der Waals surface area (Å²) in [6.07, 6.45) is 0.114. The number of ether oxygens (including phenoxy) is 1. The zero-order valence-electron chi connectivity index (χ0n) is 13.2. The van der Waals surface area contributed by atoms with Crippen LogP contribution in [0.2, 0.25) is 0 Å². The number of rotatable bonds is 8. The summed E-state index contributed by atoms with van der Waals surface area (Å²) >= 11 is 0. The molecule has 0 aromatic carbocycles. The second-order valence-electron chi connectivity index (χ2n) is 5.61. The minimum atomic E-state index is -0.564. The Balaban J connectivity index is 2.98. The molecular formula is C13H24N6O2. The van der Waals surface area contributed by atoms with Gasteiger partial charge in [0.25, 0.3) is 0 Å². The van der Waals surface area contributed by atoms with Gasteiger partial charge in [0.2, 0.25) is 17.8 Å². The Morgan fingerprint density at radius 2 is 1.90 bits per heavy atom. The number of nitrogens with one attached hydrogen (secondary N) is 2. The lowest BCUT2D eigenvalue weighted by Crippen LogP contribution is -2.36. The number of carbonyl (C=O) groups excluding carboxylic acids is 1. The first-order chi connectivity index (χ1) is 9.71. The van der Waals surface area contributed by atoms with Gasteiger partial charge in [0.05, 0.1) is 6.10 Å². The third-order valence-electron chi connectivity index (χ3n) is 2.36. The first-order valence-corrected chi connectivity index (χ1v) is 6.95. The standard InChI is InChI=1S/C13H24N6O2/c1-6-15-10-16-11(18-12(17-10)21-8(2)3)19-13(4,5)7-9(14)20/h8H,6-7H2,1-5H3,(H2,14,20)(H2,15,16,17,18,19). The van der Waals surface area contributed by atoms with Crippen molar-refractivity contribution in [3.8, 4) is 6.01 Å². The van der Waals surface area contributed by atoms with Gasteiger partial charge in [0, 0.05) is 18.5 Å². The Bertz CT molecular complexity index is 490. The summed E-state index contributed by atoms with van der Waals surface area (Å²) in [4.78, 5) is 23.7. The monoisotopic (exact) mass is 296 g/mol. The molecule has 21 heavy (non-hydrogen) atoms. The molecule has 8 heteroatoms. The molecule has 1 rings (SSSR count). The van der Waals surface area contributed by atoms with E-state index in [9.17, 15) is 4.79 Å². The zero-order chi connectivity index (χ0) is 16.0. The van der Waals surface area contributed by atoms with Gasteiger partial charge in [-0.1, -0.05) is 0 Å². The van der Waals surface area contributed by atoms with Gasteiger partial charge in [-0.2, -0.15) is 15.0 Å². The van der Waals surface area contributed by atoms with Crippen LogP contribution in [-0.2, 0) is 4.79 Å². The highest BCUT2D eigenvalue weighted by atomic mass is 16.5. The highest BCUT2D eigenvalue weighted by Gasteiger charge is 2.22. The van der Waals surface area contributed by atoms with Crippen molar-refractivity contribution >= 4 is 17.8 Å². The molecule has 0 aliphatic rings. The molecule has 0 saturated carbocycles. The van der Waals surface area contributed by atoms with E-state index < -0.39 is 11.4 Å². The topological polar surface area (TPSA) is 115 Å². The third kappa shape index (κ3) is 6.24. The van der Waals surface area contributed by atoms with Crippen LogP contribution >= 0.6 is 0 Å². The summed E-state index contributed by atoms with van der Waals surface area (Å²) in [7, 11) is 0. The Kier molecular flexibility index (Phi) is 5.69. The van der Waals surface area contributed by atoms with Gasteiger partial charge < -0.3 is 21.1 Å². The summed E-state index contributed by atoms with van der Waals surface area (Å²) in [5, 5.41) is 6.09. The number of aromatic nitrogens is 3. The summed E-state index contributed by atoms with van der Waals surface area (Å²) in [5.41, 5.74) is 4.67. The van der Waals surface area contributed by atoms with E-state index in [-0.39, 0.29) is 18.5 Å². The normalized spacial score (nSPS) is 11.3. The molecule has 0 saturated heterocycles. The Hall–Kier alpha value is -2.12. The Labute approximate surface area is 124 Å². The van der Waals surface area contributed by atoms with E-state index in [1.54, 1.807) is 0 Å². The highest BCUT2D eigenvalue weighted by Crippen LogP contribution is 2.18. The Morgan fingerprint density at radius 1 is 1.29 bits per heavy atom. The van der Waals surface area contributed by atoms with Gasteiger partial charge in [-0.25, -0.2) is 0 Å².